The van der Waals surface area contributed by atoms with Gasteiger partial charge in [-0.25, -0.2) is 4.39 Å². The molecule has 52 heavy (non-hydrogen) atoms. The Hall–Kier alpha value is -4.20. The monoisotopic (exact) mass is 737 g/mol. The number of aliphatic carboxylic acids is 1. The number of nitrogens with one attached hydrogen (secondary N) is 1. The number of amides is 1. The van der Waals surface area contributed by atoms with E-state index in [4.69, 9.17) is 0 Å². The molecule has 2 atom stereocenters. The molecule has 1 saturated heterocycles. The minimum Gasteiger partial charge on any atom is -0.481 e. The molecule has 1 aliphatic heterocycles. The fraction of sp³-hybridized carbons (Fsp3) is 0.500. The van der Waals surface area contributed by atoms with Crippen LogP contribution >= 0.6 is 0 Å². The van der Waals surface area contributed by atoms with Crippen LogP contribution in [-0.4, -0.2) is 46.1 Å². The van der Waals surface area contributed by atoms with Crippen LogP contribution < -0.4 is 10.9 Å². The molecule has 5 rings (SSSR count). The maximum Gasteiger partial charge on any atom is 0.419 e. The smallest absolute Gasteiger partial charge is 0.419 e. The minimum absolute atomic E-state index is 0.0586. The second-order valence-corrected chi connectivity index (χ2v) is 14.8. The first-order chi connectivity index (χ1) is 24.2. The van der Waals surface area contributed by atoms with Gasteiger partial charge in [0, 0.05) is 37.5 Å². The van der Waals surface area contributed by atoms with E-state index in [1.54, 1.807) is 45.9 Å². The van der Waals surface area contributed by atoms with Gasteiger partial charge in [0.1, 0.15) is 11.9 Å². The van der Waals surface area contributed by atoms with E-state index in [0.29, 0.717) is 35.4 Å². The molecule has 1 saturated carbocycles. The molecule has 1 spiro atoms. The third-order valence-corrected chi connectivity index (χ3v) is 10.3. The molecule has 7 nitrogen and oxygen atoms in total. The zero-order chi connectivity index (χ0) is 38.3. The summed E-state index contributed by atoms with van der Waals surface area (Å²) in [5.41, 5.74) is -3.24. The van der Waals surface area contributed by atoms with Gasteiger partial charge < -0.3 is 19.9 Å². The summed E-state index contributed by atoms with van der Waals surface area (Å²) in [5, 5.41) is 12.1. The summed E-state index contributed by atoms with van der Waals surface area (Å²) in [6, 6.07) is 3.76. The highest BCUT2D eigenvalue weighted by Crippen LogP contribution is 2.48. The Morgan fingerprint density at radius 1 is 0.962 bits per heavy atom. The normalized spacial score (nSPS) is 17.1. The molecular weight excluding hydrogens is 695 g/mol. The summed E-state index contributed by atoms with van der Waals surface area (Å²) in [7, 11) is 0. The molecule has 0 bridgehead atoms. The van der Waals surface area contributed by atoms with Gasteiger partial charge in [0.05, 0.1) is 23.6 Å². The predicted molar refractivity (Wildman–Crippen MR) is 180 cm³/mol. The van der Waals surface area contributed by atoms with Crippen LogP contribution in [0.3, 0.4) is 0 Å². The Bertz CT molecular complexity index is 1870. The number of halogens is 7. The third kappa shape index (κ3) is 8.37. The highest BCUT2D eigenvalue weighted by molar-refractivity contribution is 5.82. The van der Waals surface area contributed by atoms with Crippen molar-refractivity contribution in [2.45, 2.75) is 90.7 Å². The number of carboxylic acid groups (broad SMARTS) is 1. The van der Waals surface area contributed by atoms with Crippen LogP contribution in [0, 0.1) is 31.0 Å². The van der Waals surface area contributed by atoms with Crippen molar-refractivity contribution in [3.05, 3.63) is 92.1 Å². The van der Waals surface area contributed by atoms with Gasteiger partial charge in [-0.05, 0) is 90.8 Å². The van der Waals surface area contributed by atoms with Crippen LogP contribution in [0.4, 0.5) is 30.7 Å². The minimum atomic E-state index is -5.19. The number of rotatable bonds is 12. The number of carbonyl (C=O) groups is 2. The van der Waals surface area contributed by atoms with Gasteiger partial charge in [0.15, 0.2) is 0 Å². The number of hydrogen-bond donors (Lipinski definition) is 2. The lowest BCUT2D eigenvalue weighted by molar-refractivity contribution is -0.140. The van der Waals surface area contributed by atoms with Gasteiger partial charge in [-0.15, -0.1) is 0 Å². The highest BCUT2D eigenvalue weighted by Gasteiger charge is 2.47. The third-order valence-electron chi connectivity index (χ3n) is 10.3. The molecule has 2 N–H and O–H groups in total. The number of likely N-dealkylation sites (tertiary alicyclic amines) is 1. The number of carbonyl (C=O) groups excluding carboxylic acids is 1. The van der Waals surface area contributed by atoms with E-state index in [1.807, 2.05) is 4.90 Å². The summed E-state index contributed by atoms with van der Waals surface area (Å²) >= 11 is 0. The molecule has 2 aliphatic rings. The highest BCUT2D eigenvalue weighted by atomic mass is 19.4. The summed E-state index contributed by atoms with van der Waals surface area (Å²) in [6.07, 6.45) is -7.00. The summed E-state index contributed by atoms with van der Waals surface area (Å²) in [6.45, 7) is 8.51. The molecular formula is C38H42F7N3O4. The van der Waals surface area contributed by atoms with E-state index in [1.165, 1.54) is 0 Å². The van der Waals surface area contributed by atoms with Gasteiger partial charge >= 0.3 is 18.3 Å². The topological polar surface area (TPSA) is 91.6 Å². The molecule has 3 aromatic rings. The lowest BCUT2D eigenvalue weighted by Gasteiger charge is -2.56. The molecule has 14 heteroatoms. The first-order valence-corrected chi connectivity index (χ1v) is 17.2. The molecule has 0 radical (unpaired) electrons. The van der Waals surface area contributed by atoms with E-state index in [2.05, 4.69) is 5.32 Å². The Kier molecular flexibility index (Phi) is 11.0. The zero-order valence-corrected chi connectivity index (χ0v) is 29.3. The quantitative estimate of drug-likeness (QED) is 0.183. The lowest BCUT2D eigenvalue weighted by Crippen LogP contribution is -2.59. The number of carboxylic acids is 1. The van der Waals surface area contributed by atoms with Crippen molar-refractivity contribution in [2.24, 2.45) is 11.3 Å². The maximum atomic E-state index is 15.9. The van der Waals surface area contributed by atoms with E-state index in [0.717, 1.165) is 49.2 Å². The fourth-order valence-corrected chi connectivity index (χ4v) is 7.63. The number of benzene rings is 2. The molecule has 1 aliphatic carbocycles. The molecule has 2 fully saturated rings. The van der Waals surface area contributed by atoms with Gasteiger partial charge in [0.2, 0.25) is 5.91 Å². The molecule has 2 unspecified atom stereocenters. The van der Waals surface area contributed by atoms with E-state index in [9.17, 15) is 45.8 Å². The standard InChI is InChI=1S/C38H42F7N3O4/c1-21(2)13-30(48-18-24(27(16-31(48)49)37(40,41)42)9-12-47-19-36(20-47)10-6-11-36)35(52)46-29(17-32(50)51)26-14-25(15-28(34(26)39)38(43,44)45)33-22(3)7-5-8-23(33)4/h5,7-8,14-16,18,21,29-30H,6,9-13,17,19-20H2,1-4H3,(H,46,52)(H,50,51). The van der Waals surface area contributed by atoms with Crippen molar-refractivity contribution in [1.29, 1.82) is 0 Å². The average Bonchev–Trinajstić information content (AvgIpc) is 2.97. The number of aromatic nitrogens is 1. The SMILES string of the molecule is Cc1cccc(C)c1-c1cc(C(CC(=O)O)NC(=O)C(CC(C)C)n2cc(CCN3CC4(CCC4)C3)c(C(F)(F)F)cc2=O)c(F)c(C(F)(F)F)c1. The van der Waals surface area contributed by atoms with E-state index >= 15 is 4.39 Å². The fourth-order valence-electron chi connectivity index (χ4n) is 7.63. The van der Waals surface area contributed by atoms with Crippen LogP contribution in [0.15, 0.2) is 47.4 Å². The summed E-state index contributed by atoms with van der Waals surface area (Å²) < 4.78 is 102. The van der Waals surface area contributed by atoms with E-state index in [-0.39, 0.29) is 35.3 Å². The Balaban J connectivity index is 1.55. The zero-order valence-electron chi connectivity index (χ0n) is 29.3. The largest absolute Gasteiger partial charge is 0.481 e. The van der Waals surface area contributed by atoms with Crippen LogP contribution in [0.5, 0.6) is 0 Å². The second-order valence-electron chi connectivity index (χ2n) is 14.8. The molecule has 1 amide bonds. The van der Waals surface area contributed by atoms with Crippen molar-refractivity contribution in [1.82, 2.24) is 14.8 Å². The summed E-state index contributed by atoms with van der Waals surface area (Å²) in [5.74, 6) is -4.74. The first kappa shape index (κ1) is 39.0. The molecule has 282 valence electrons. The number of hydrogen-bond acceptors (Lipinski definition) is 4. The molecule has 2 aromatic carbocycles. The number of nitrogens with zero attached hydrogens (tertiary/aromatic N) is 2. The van der Waals surface area contributed by atoms with Gasteiger partial charge in [-0.1, -0.05) is 38.5 Å². The molecule has 2 heterocycles. The average molecular weight is 738 g/mol. The number of pyridine rings is 1. The van der Waals surface area contributed by atoms with Gasteiger partial charge in [-0.2, -0.15) is 26.3 Å². The predicted octanol–water partition coefficient (Wildman–Crippen LogP) is 8.26. The van der Waals surface area contributed by atoms with E-state index < -0.39 is 70.8 Å². The summed E-state index contributed by atoms with van der Waals surface area (Å²) in [4.78, 5) is 41.4. The number of aryl methyl sites for hydroxylation is 2. The van der Waals surface area contributed by atoms with Crippen LogP contribution in [0.2, 0.25) is 0 Å². The second kappa shape index (κ2) is 14.7. The van der Waals surface area contributed by atoms with Gasteiger partial charge in [-0.3, -0.25) is 14.4 Å². The van der Waals surface area contributed by atoms with Crippen molar-refractivity contribution < 1.29 is 45.4 Å². The van der Waals surface area contributed by atoms with Crippen LogP contribution in [0.1, 0.15) is 91.4 Å². The van der Waals surface area contributed by atoms with Crippen molar-refractivity contribution in [2.75, 3.05) is 19.6 Å². The Morgan fingerprint density at radius 2 is 1.58 bits per heavy atom. The lowest BCUT2D eigenvalue weighted by atomic mass is 9.63. The first-order valence-electron chi connectivity index (χ1n) is 17.2. The van der Waals surface area contributed by atoms with Crippen molar-refractivity contribution in [3.63, 3.8) is 0 Å². The Morgan fingerprint density at radius 3 is 2.10 bits per heavy atom. The Labute approximate surface area is 296 Å². The van der Waals surface area contributed by atoms with Crippen molar-refractivity contribution in [3.8, 4) is 11.1 Å². The molecule has 1 aromatic heterocycles. The van der Waals surface area contributed by atoms with Crippen LogP contribution in [-0.2, 0) is 28.4 Å². The van der Waals surface area contributed by atoms with Crippen LogP contribution in [0.25, 0.3) is 11.1 Å². The maximum absolute atomic E-state index is 15.9. The number of alkyl halides is 6. The van der Waals surface area contributed by atoms with Crippen molar-refractivity contribution >= 4 is 11.9 Å². The van der Waals surface area contributed by atoms with Gasteiger partial charge in [0.25, 0.3) is 5.56 Å².